The molecule has 0 spiro atoms. The lowest BCUT2D eigenvalue weighted by molar-refractivity contribution is 0.112. The molecule has 0 fully saturated rings. The third kappa shape index (κ3) is 6.87. The molecular formula is C28H30IN5O2. The Labute approximate surface area is 225 Å². The van der Waals surface area contributed by atoms with Gasteiger partial charge in [0.15, 0.2) is 6.40 Å². The van der Waals surface area contributed by atoms with Crippen LogP contribution in [0.2, 0.25) is 0 Å². The Hall–Kier alpha value is -3.34. The number of hydrogen-bond acceptors (Lipinski definition) is 6. The molecule has 0 radical (unpaired) electrons. The number of H-pyrrole nitrogens is 1. The highest BCUT2D eigenvalue weighted by Gasteiger charge is 2.19. The third-order valence-electron chi connectivity index (χ3n) is 5.68. The number of hydrazine groups is 1. The highest BCUT2D eigenvalue weighted by Crippen LogP contribution is 2.22. The molecule has 0 saturated heterocycles. The molecule has 186 valence electrons. The first kappa shape index (κ1) is 25.7. The Morgan fingerprint density at radius 2 is 2.22 bits per heavy atom. The predicted octanol–water partition coefficient (Wildman–Crippen LogP) is 5.67. The lowest BCUT2D eigenvalue weighted by Crippen LogP contribution is -2.27. The number of hydrogen-bond donors (Lipinski definition) is 4. The molecule has 36 heavy (non-hydrogen) atoms. The van der Waals surface area contributed by atoms with Crippen LogP contribution in [0.5, 0.6) is 0 Å². The second-order valence-corrected chi connectivity index (χ2v) is 9.37. The standard InChI is InChI=1S/C28H30IN5O2/c1-20(27(36-19-30)16-21(2)35-18-25-8-3-4-14-31-25)9-12-26-17-24(33-34(26)29)11-10-22-6-5-7-23-13-15-32-28(22)23/h3-13,15-17,19,21,26,30-33H,1,14,18H2,2H3/b11-10+,12-9+,27-16+,30-19?. The van der Waals surface area contributed by atoms with Crippen LogP contribution in [0.25, 0.3) is 17.0 Å². The topological polar surface area (TPSA) is 85.4 Å². The van der Waals surface area contributed by atoms with Crippen LogP contribution in [0, 0.1) is 5.41 Å². The van der Waals surface area contributed by atoms with E-state index in [1.54, 1.807) is 0 Å². The van der Waals surface area contributed by atoms with Crippen LogP contribution in [0.3, 0.4) is 0 Å². The van der Waals surface area contributed by atoms with Gasteiger partial charge in [-0.05, 0) is 48.2 Å². The molecule has 3 heterocycles. The van der Waals surface area contributed by atoms with Crippen molar-refractivity contribution in [2.75, 3.05) is 13.2 Å². The van der Waals surface area contributed by atoms with E-state index in [0.29, 0.717) is 17.9 Å². The highest BCUT2D eigenvalue weighted by atomic mass is 127. The van der Waals surface area contributed by atoms with Gasteiger partial charge < -0.3 is 25.2 Å². The maximum Gasteiger partial charge on any atom is 0.173 e. The summed E-state index contributed by atoms with van der Waals surface area (Å²) in [5, 5.41) is 11.8. The number of aromatic amines is 1. The predicted molar refractivity (Wildman–Crippen MR) is 155 cm³/mol. The molecule has 8 heteroatoms. The van der Waals surface area contributed by atoms with Gasteiger partial charge in [-0.25, -0.2) is 0 Å². The molecule has 2 unspecified atom stereocenters. The fraction of sp³-hybridized carbons (Fsp3) is 0.179. The summed E-state index contributed by atoms with van der Waals surface area (Å²) in [6.45, 7) is 7.35. The van der Waals surface area contributed by atoms with Crippen LogP contribution in [-0.4, -0.2) is 39.9 Å². The Morgan fingerprint density at radius 1 is 1.33 bits per heavy atom. The number of halogens is 1. The number of aromatic nitrogens is 1. The number of allylic oxidation sites excluding steroid dienone is 4. The van der Waals surface area contributed by atoms with Crippen molar-refractivity contribution in [3.8, 4) is 0 Å². The average Bonchev–Trinajstić information content (AvgIpc) is 3.51. The van der Waals surface area contributed by atoms with Crippen molar-refractivity contribution in [1.29, 1.82) is 5.41 Å². The smallest absolute Gasteiger partial charge is 0.173 e. The van der Waals surface area contributed by atoms with Crippen molar-refractivity contribution in [2.45, 2.75) is 19.1 Å². The van der Waals surface area contributed by atoms with E-state index in [-0.39, 0.29) is 12.1 Å². The van der Waals surface area contributed by atoms with Gasteiger partial charge in [0.05, 0.1) is 24.3 Å². The quantitative estimate of drug-likeness (QED) is 0.0672. The van der Waals surface area contributed by atoms with E-state index in [2.05, 4.69) is 87.7 Å². The number of ether oxygens (including phenoxy) is 2. The zero-order valence-electron chi connectivity index (χ0n) is 20.1. The largest absolute Gasteiger partial charge is 0.446 e. The lowest BCUT2D eigenvalue weighted by atomic mass is 10.1. The Balaban J connectivity index is 1.38. The van der Waals surface area contributed by atoms with E-state index in [1.807, 2.05) is 52.8 Å². The number of para-hydroxylation sites is 1. The van der Waals surface area contributed by atoms with Crippen molar-refractivity contribution in [3.05, 3.63) is 114 Å². The molecule has 2 atom stereocenters. The van der Waals surface area contributed by atoms with Gasteiger partial charge in [-0.15, -0.1) is 0 Å². The fourth-order valence-electron chi connectivity index (χ4n) is 3.80. The SMILES string of the molecule is C=C(/C=C/C1C=C(/C=C/c2cccc3cc[nH]c23)NN1I)/C(=C\C(C)OCC1=CC=CCN1)OC=N. The van der Waals surface area contributed by atoms with E-state index < -0.39 is 0 Å². The zero-order chi connectivity index (χ0) is 25.3. The Kier molecular flexibility index (Phi) is 8.99. The summed E-state index contributed by atoms with van der Waals surface area (Å²) >= 11 is 2.24. The summed E-state index contributed by atoms with van der Waals surface area (Å²) < 4.78 is 13.3. The Bertz CT molecular complexity index is 1280. The van der Waals surface area contributed by atoms with Crippen molar-refractivity contribution in [1.82, 2.24) is 18.9 Å². The zero-order valence-corrected chi connectivity index (χ0v) is 22.2. The maximum absolute atomic E-state index is 7.39. The van der Waals surface area contributed by atoms with Crippen LogP contribution in [0.1, 0.15) is 12.5 Å². The number of rotatable bonds is 11. The van der Waals surface area contributed by atoms with Gasteiger partial charge in [-0.2, -0.15) is 3.22 Å². The van der Waals surface area contributed by atoms with Crippen LogP contribution >= 0.6 is 22.9 Å². The second-order valence-electron chi connectivity index (χ2n) is 8.33. The summed E-state index contributed by atoms with van der Waals surface area (Å²) in [4.78, 5) is 3.30. The van der Waals surface area contributed by atoms with Crippen molar-refractivity contribution in [2.24, 2.45) is 0 Å². The molecule has 4 N–H and O–H groups in total. The fourth-order valence-corrected chi connectivity index (χ4v) is 4.43. The number of nitrogens with zero attached hydrogens (tertiary/aromatic N) is 1. The van der Waals surface area contributed by atoms with Crippen LogP contribution in [0.15, 0.2) is 108 Å². The van der Waals surface area contributed by atoms with Gasteiger partial charge in [-0.3, -0.25) is 5.41 Å². The maximum atomic E-state index is 7.39. The molecule has 1 aromatic carbocycles. The monoisotopic (exact) mass is 595 g/mol. The average molecular weight is 595 g/mol. The molecule has 2 aliphatic heterocycles. The summed E-state index contributed by atoms with van der Waals surface area (Å²) in [5.74, 6) is 0.494. The van der Waals surface area contributed by atoms with Crippen molar-refractivity contribution in [3.63, 3.8) is 0 Å². The van der Waals surface area contributed by atoms with Crippen LogP contribution in [-0.2, 0) is 9.47 Å². The minimum absolute atomic E-state index is 0.0237. The van der Waals surface area contributed by atoms with Gasteiger partial charge in [0, 0.05) is 52.6 Å². The van der Waals surface area contributed by atoms with E-state index in [9.17, 15) is 0 Å². The third-order valence-corrected chi connectivity index (χ3v) is 6.56. The van der Waals surface area contributed by atoms with E-state index in [1.165, 1.54) is 5.39 Å². The van der Waals surface area contributed by atoms with E-state index >= 15 is 0 Å². The molecule has 2 aromatic rings. The second kappa shape index (κ2) is 12.6. The summed E-state index contributed by atoms with van der Waals surface area (Å²) in [6.07, 6.45) is 20.8. The molecule has 7 nitrogen and oxygen atoms in total. The number of nitrogens with one attached hydrogen (secondary N) is 4. The van der Waals surface area contributed by atoms with Gasteiger partial charge in [-0.1, -0.05) is 55.2 Å². The minimum Gasteiger partial charge on any atom is -0.446 e. The highest BCUT2D eigenvalue weighted by molar-refractivity contribution is 14.1. The summed E-state index contributed by atoms with van der Waals surface area (Å²) in [6, 6.07) is 8.34. The molecule has 2 aliphatic rings. The van der Waals surface area contributed by atoms with Crippen LogP contribution < -0.4 is 10.7 Å². The van der Waals surface area contributed by atoms with Gasteiger partial charge in [0.25, 0.3) is 0 Å². The Morgan fingerprint density at radius 3 is 3.03 bits per heavy atom. The molecule has 1 aromatic heterocycles. The lowest BCUT2D eigenvalue weighted by Gasteiger charge is -2.16. The van der Waals surface area contributed by atoms with Crippen molar-refractivity contribution < 1.29 is 9.47 Å². The van der Waals surface area contributed by atoms with Crippen molar-refractivity contribution >= 4 is 46.2 Å². The van der Waals surface area contributed by atoms with E-state index in [4.69, 9.17) is 14.9 Å². The molecular weight excluding hydrogens is 565 g/mol. The molecule has 4 rings (SSSR count). The minimum atomic E-state index is -0.214. The first-order valence-corrected chi connectivity index (χ1v) is 12.6. The number of dihydropyridines is 1. The number of fused-ring (bicyclic) bond motifs is 1. The number of benzene rings is 1. The summed E-state index contributed by atoms with van der Waals surface area (Å²) in [5.41, 5.74) is 8.31. The summed E-state index contributed by atoms with van der Waals surface area (Å²) in [7, 11) is 0. The van der Waals surface area contributed by atoms with Gasteiger partial charge >= 0.3 is 0 Å². The van der Waals surface area contributed by atoms with Gasteiger partial charge in [0.1, 0.15) is 5.76 Å². The van der Waals surface area contributed by atoms with Gasteiger partial charge in [0.2, 0.25) is 0 Å². The molecule has 0 bridgehead atoms. The first-order valence-electron chi connectivity index (χ1n) is 11.7. The van der Waals surface area contributed by atoms with E-state index in [0.717, 1.165) is 35.4 Å². The normalized spacial score (nSPS) is 19.3. The molecule has 0 amide bonds. The first-order chi connectivity index (χ1) is 17.5. The van der Waals surface area contributed by atoms with Crippen LogP contribution in [0.4, 0.5) is 0 Å². The molecule has 0 saturated carbocycles. The molecule has 0 aliphatic carbocycles.